The molecule has 106 valence electrons. The van der Waals surface area contributed by atoms with E-state index in [1.807, 2.05) is 0 Å². The van der Waals surface area contributed by atoms with Crippen molar-refractivity contribution in [3.63, 3.8) is 0 Å². The highest BCUT2D eigenvalue weighted by molar-refractivity contribution is 5.98. The second-order valence-corrected chi connectivity index (χ2v) is 4.22. The molecule has 0 radical (unpaired) electrons. The van der Waals surface area contributed by atoms with E-state index in [-0.39, 0.29) is 18.6 Å². The first-order valence-electron chi connectivity index (χ1n) is 5.89. The van der Waals surface area contributed by atoms with Gasteiger partial charge in [0.25, 0.3) is 11.6 Å². The molecule has 0 bridgehead atoms. The van der Waals surface area contributed by atoms with Gasteiger partial charge in [0.1, 0.15) is 6.04 Å². The lowest BCUT2D eigenvalue weighted by molar-refractivity contribution is -0.139. The van der Waals surface area contributed by atoms with E-state index >= 15 is 0 Å². The monoisotopic (exact) mass is 279 g/mol. The van der Waals surface area contributed by atoms with Crippen molar-refractivity contribution >= 4 is 23.0 Å². The van der Waals surface area contributed by atoms with Gasteiger partial charge in [0.2, 0.25) is 0 Å². The van der Waals surface area contributed by atoms with Crippen LogP contribution in [-0.4, -0.2) is 44.9 Å². The maximum atomic E-state index is 12.0. The Bertz CT molecular complexity index is 652. The molecule has 0 fully saturated rings. The maximum absolute atomic E-state index is 12.0. The number of carbonyl (C=O) groups excluding carboxylic acids is 1. The minimum Gasteiger partial charge on any atom is -0.480 e. The van der Waals surface area contributed by atoms with Gasteiger partial charge in [-0.25, -0.2) is 9.78 Å². The van der Waals surface area contributed by atoms with Gasteiger partial charge in [-0.05, 0) is 13.0 Å². The molecule has 1 amide bonds. The van der Waals surface area contributed by atoms with E-state index in [0.29, 0.717) is 16.8 Å². The van der Waals surface area contributed by atoms with Crippen LogP contribution < -0.4 is 5.32 Å². The van der Waals surface area contributed by atoms with Crippen LogP contribution in [0, 0.1) is 6.92 Å². The minimum atomic E-state index is -1.21. The molecule has 1 atom stereocenters. The molecule has 3 N–H and O–H groups in total. The summed E-state index contributed by atoms with van der Waals surface area (Å²) >= 11 is 0. The molecule has 0 aromatic carbocycles. The highest BCUT2D eigenvalue weighted by atomic mass is 16.5. The van der Waals surface area contributed by atoms with E-state index in [1.165, 1.54) is 12.3 Å². The van der Waals surface area contributed by atoms with Crippen LogP contribution in [0.3, 0.4) is 0 Å². The Balaban J connectivity index is 2.22. The molecule has 0 aliphatic heterocycles. The minimum absolute atomic E-state index is 0.0664. The third kappa shape index (κ3) is 2.75. The van der Waals surface area contributed by atoms with E-state index in [4.69, 9.17) is 14.7 Å². The lowest BCUT2D eigenvalue weighted by Gasteiger charge is -2.12. The Morgan fingerprint density at radius 1 is 1.50 bits per heavy atom. The van der Waals surface area contributed by atoms with E-state index < -0.39 is 17.9 Å². The lowest BCUT2D eigenvalue weighted by Crippen LogP contribution is -2.41. The fourth-order valence-electron chi connectivity index (χ4n) is 1.70. The van der Waals surface area contributed by atoms with E-state index in [2.05, 4.69) is 15.5 Å². The first-order chi connectivity index (χ1) is 9.52. The van der Waals surface area contributed by atoms with Crippen molar-refractivity contribution < 1.29 is 24.3 Å². The van der Waals surface area contributed by atoms with Crippen LogP contribution in [-0.2, 0) is 4.79 Å². The molecule has 8 nitrogen and oxygen atoms in total. The molecule has 2 rings (SSSR count). The van der Waals surface area contributed by atoms with Crippen molar-refractivity contribution in [1.29, 1.82) is 0 Å². The van der Waals surface area contributed by atoms with Crippen LogP contribution in [0.5, 0.6) is 0 Å². The first-order valence-corrected chi connectivity index (χ1v) is 5.89. The van der Waals surface area contributed by atoms with E-state index in [0.717, 1.165) is 0 Å². The number of pyridine rings is 1. The van der Waals surface area contributed by atoms with Crippen LogP contribution in [0.1, 0.15) is 22.5 Å². The molecule has 8 heteroatoms. The van der Waals surface area contributed by atoms with Gasteiger partial charge in [-0.15, -0.1) is 0 Å². The van der Waals surface area contributed by atoms with Gasteiger partial charge in [0.05, 0.1) is 16.6 Å². The Kier molecular flexibility index (Phi) is 3.94. The Labute approximate surface area is 113 Å². The van der Waals surface area contributed by atoms with Crippen molar-refractivity contribution in [2.24, 2.45) is 0 Å². The van der Waals surface area contributed by atoms with Gasteiger partial charge < -0.3 is 20.1 Å². The number of nitrogens with zero attached hydrogens (tertiary/aromatic N) is 2. The largest absolute Gasteiger partial charge is 0.480 e. The summed E-state index contributed by atoms with van der Waals surface area (Å²) in [5.74, 6) is -1.79. The molecule has 0 saturated carbocycles. The summed E-state index contributed by atoms with van der Waals surface area (Å²) in [6, 6.07) is 0.383. The normalized spacial score (nSPS) is 12.3. The molecule has 2 aromatic heterocycles. The summed E-state index contributed by atoms with van der Waals surface area (Å²) < 4.78 is 4.92. The van der Waals surface area contributed by atoms with Gasteiger partial charge in [0, 0.05) is 19.2 Å². The SMILES string of the molecule is Cc1noc2ncc(C(=O)N[C@@H](CCO)C(=O)O)cc12. The number of hydrogen-bond acceptors (Lipinski definition) is 6. The predicted molar refractivity (Wildman–Crippen MR) is 67.1 cm³/mol. The number of aliphatic carboxylic acids is 1. The predicted octanol–water partition coefficient (Wildman–Crippen LogP) is 0.0966. The smallest absolute Gasteiger partial charge is 0.326 e. The van der Waals surface area contributed by atoms with Crippen LogP contribution in [0.2, 0.25) is 0 Å². The second kappa shape index (κ2) is 5.66. The van der Waals surface area contributed by atoms with Crippen molar-refractivity contribution in [3.05, 3.63) is 23.5 Å². The molecule has 0 saturated heterocycles. The first kappa shape index (κ1) is 13.9. The molecule has 2 aromatic rings. The summed E-state index contributed by atoms with van der Waals surface area (Å²) in [5.41, 5.74) is 1.10. The number of nitrogens with one attached hydrogen (secondary N) is 1. The highest BCUT2D eigenvalue weighted by Crippen LogP contribution is 2.16. The highest BCUT2D eigenvalue weighted by Gasteiger charge is 2.20. The summed E-state index contributed by atoms with van der Waals surface area (Å²) in [6.07, 6.45) is 1.21. The van der Waals surface area contributed by atoms with Gasteiger partial charge in [0.15, 0.2) is 0 Å². The van der Waals surface area contributed by atoms with Crippen molar-refractivity contribution in [2.45, 2.75) is 19.4 Å². The van der Waals surface area contributed by atoms with E-state index in [9.17, 15) is 9.59 Å². The molecular formula is C12H13N3O5. The molecular weight excluding hydrogens is 266 g/mol. The summed E-state index contributed by atoms with van der Waals surface area (Å²) in [5, 5.41) is 24.3. The number of amides is 1. The molecule has 2 heterocycles. The van der Waals surface area contributed by atoms with Crippen LogP contribution in [0.4, 0.5) is 0 Å². The zero-order valence-corrected chi connectivity index (χ0v) is 10.7. The number of rotatable bonds is 5. The molecule has 0 aliphatic rings. The van der Waals surface area contributed by atoms with Gasteiger partial charge in [-0.3, -0.25) is 4.79 Å². The average Bonchev–Trinajstić information content (AvgIpc) is 2.79. The number of carbonyl (C=O) groups is 2. The molecule has 20 heavy (non-hydrogen) atoms. The third-order valence-corrected chi connectivity index (χ3v) is 2.79. The van der Waals surface area contributed by atoms with Gasteiger partial charge in [-0.1, -0.05) is 5.16 Å². The van der Waals surface area contributed by atoms with Crippen molar-refractivity contribution in [3.8, 4) is 0 Å². The number of aryl methyl sites for hydroxylation is 1. The van der Waals surface area contributed by atoms with Gasteiger partial charge >= 0.3 is 5.97 Å². The number of aliphatic hydroxyl groups excluding tert-OH is 1. The zero-order chi connectivity index (χ0) is 14.7. The number of aromatic nitrogens is 2. The fraction of sp³-hybridized carbons (Fsp3) is 0.333. The molecule has 0 spiro atoms. The average molecular weight is 279 g/mol. The Hall–Kier alpha value is -2.48. The lowest BCUT2D eigenvalue weighted by atomic mass is 10.1. The quantitative estimate of drug-likeness (QED) is 0.708. The van der Waals surface area contributed by atoms with Crippen LogP contribution in [0.15, 0.2) is 16.8 Å². The standard InChI is InChI=1S/C12H13N3O5/c1-6-8-4-7(5-13-11(8)20-15-6)10(17)14-9(2-3-16)12(18)19/h4-5,9,16H,2-3H2,1H3,(H,14,17)(H,18,19)/t9-/m0/s1. The Morgan fingerprint density at radius 3 is 2.90 bits per heavy atom. The summed E-state index contributed by atoms with van der Waals surface area (Å²) in [6.45, 7) is 1.38. The number of hydrogen-bond donors (Lipinski definition) is 3. The topological polar surface area (TPSA) is 126 Å². The fourth-order valence-corrected chi connectivity index (χ4v) is 1.70. The second-order valence-electron chi connectivity index (χ2n) is 4.22. The number of fused-ring (bicyclic) bond motifs is 1. The maximum Gasteiger partial charge on any atom is 0.326 e. The third-order valence-electron chi connectivity index (χ3n) is 2.79. The van der Waals surface area contributed by atoms with Gasteiger partial charge in [-0.2, -0.15) is 0 Å². The number of carboxylic acids is 1. The summed E-state index contributed by atoms with van der Waals surface area (Å²) in [4.78, 5) is 26.8. The number of carboxylic acid groups (broad SMARTS) is 1. The Morgan fingerprint density at radius 2 is 2.25 bits per heavy atom. The van der Waals surface area contributed by atoms with Crippen LogP contribution in [0.25, 0.3) is 11.1 Å². The van der Waals surface area contributed by atoms with Crippen molar-refractivity contribution in [2.75, 3.05) is 6.61 Å². The van der Waals surface area contributed by atoms with Crippen LogP contribution >= 0.6 is 0 Å². The summed E-state index contributed by atoms with van der Waals surface area (Å²) in [7, 11) is 0. The molecule has 0 unspecified atom stereocenters. The van der Waals surface area contributed by atoms with Crippen molar-refractivity contribution in [1.82, 2.24) is 15.5 Å². The van der Waals surface area contributed by atoms with E-state index in [1.54, 1.807) is 6.92 Å². The molecule has 0 aliphatic carbocycles. The zero-order valence-electron chi connectivity index (χ0n) is 10.7. The number of aliphatic hydroxyl groups is 1.